The standard InChI is InChI=1S/C6H8N2O2/c1-3-5(4(2)9)10-6(7)8-3/h1-2H3,(H2,7,8). The van der Waals surface area contributed by atoms with E-state index < -0.39 is 0 Å². The Morgan fingerprint density at radius 1 is 1.70 bits per heavy atom. The highest BCUT2D eigenvalue weighted by Gasteiger charge is 2.10. The molecule has 0 atom stereocenters. The second-order valence-electron chi connectivity index (χ2n) is 2.02. The van der Waals surface area contributed by atoms with E-state index in [2.05, 4.69) is 4.98 Å². The molecule has 0 bridgehead atoms. The van der Waals surface area contributed by atoms with Crippen LogP contribution in [0.2, 0.25) is 0 Å². The predicted octanol–water partition coefficient (Wildman–Crippen LogP) is 0.768. The number of rotatable bonds is 1. The summed E-state index contributed by atoms with van der Waals surface area (Å²) in [5.74, 6) is 0.0965. The fraction of sp³-hybridized carbons (Fsp3) is 0.333. The first-order valence-electron chi connectivity index (χ1n) is 2.85. The summed E-state index contributed by atoms with van der Waals surface area (Å²) in [5.41, 5.74) is 5.73. The molecule has 10 heavy (non-hydrogen) atoms. The number of hydrogen-bond donors (Lipinski definition) is 1. The second kappa shape index (κ2) is 2.13. The largest absolute Gasteiger partial charge is 0.420 e. The van der Waals surface area contributed by atoms with E-state index in [1.165, 1.54) is 6.92 Å². The second-order valence-corrected chi connectivity index (χ2v) is 2.02. The number of aromatic nitrogens is 1. The van der Waals surface area contributed by atoms with Gasteiger partial charge in [-0.1, -0.05) is 0 Å². The number of hydrogen-bond acceptors (Lipinski definition) is 4. The molecule has 0 saturated heterocycles. The molecule has 0 unspecified atom stereocenters. The highest BCUT2D eigenvalue weighted by atomic mass is 16.4. The van der Waals surface area contributed by atoms with Crippen molar-refractivity contribution in [1.29, 1.82) is 0 Å². The Morgan fingerprint density at radius 2 is 2.30 bits per heavy atom. The number of nitrogens with two attached hydrogens (primary N) is 1. The van der Waals surface area contributed by atoms with E-state index in [0.717, 1.165) is 0 Å². The minimum Gasteiger partial charge on any atom is -0.420 e. The average Bonchev–Trinajstić information content (AvgIpc) is 2.10. The van der Waals surface area contributed by atoms with Gasteiger partial charge >= 0.3 is 0 Å². The Hall–Kier alpha value is -1.32. The van der Waals surface area contributed by atoms with E-state index in [0.29, 0.717) is 5.69 Å². The average molecular weight is 140 g/mol. The molecule has 0 fully saturated rings. The first kappa shape index (κ1) is 6.80. The van der Waals surface area contributed by atoms with Crippen LogP contribution in [-0.2, 0) is 0 Å². The summed E-state index contributed by atoms with van der Waals surface area (Å²) in [6.07, 6.45) is 0. The maximum atomic E-state index is 10.7. The van der Waals surface area contributed by atoms with Crippen molar-refractivity contribution in [3.05, 3.63) is 11.5 Å². The van der Waals surface area contributed by atoms with Gasteiger partial charge < -0.3 is 10.2 Å². The molecule has 0 amide bonds. The van der Waals surface area contributed by atoms with Crippen LogP contribution in [0.15, 0.2) is 4.42 Å². The zero-order valence-corrected chi connectivity index (χ0v) is 5.84. The summed E-state index contributed by atoms with van der Waals surface area (Å²) < 4.78 is 4.79. The fourth-order valence-electron chi connectivity index (χ4n) is 0.744. The Morgan fingerprint density at radius 3 is 2.50 bits per heavy atom. The van der Waals surface area contributed by atoms with Crippen molar-refractivity contribution >= 4 is 11.8 Å². The van der Waals surface area contributed by atoms with Gasteiger partial charge in [0.15, 0.2) is 11.5 Å². The van der Waals surface area contributed by atoms with Crippen molar-refractivity contribution in [3.8, 4) is 0 Å². The van der Waals surface area contributed by atoms with E-state index in [1.54, 1.807) is 6.92 Å². The van der Waals surface area contributed by atoms with Gasteiger partial charge in [-0.15, -0.1) is 0 Å². The fourth-order valence-corrected chi connectivity index (χ4v) is 0.744. The van der Waals surface area contributed by atoms with Crippen LogP contribution in [0.1, 0.15) is 23.2 Å². The minimum atomic E-state index is -0.151. The van der Waals surface area contributed by atoms with Crippen molar-refractivity contribution in [1.82, 2.24) is 4.98 Å². The molecule has 0 aromatic carbocycles. The number of nitrogens with zero attached hydrogens (tertiary/aromatic N) is 1. The summed E-state index contributed by atoms with van der Waals surface area (Å²) in [7, 11) is 0. The zero-order chi connectivity index (χ0) is 7.72. The first-order valence-corrected chi connectivity index (χ1v) is 2.85. The lowest BCUT2D eigenvalue weighted by molar-refractivity contribution is 0.0987. The monoisotopic (exact) mass is 140 g/mol. The van der Waals surface area contributed by atoms with Gasteiger partial charge in [0.2, 0.25) is 0 Å². The molecule has 0 radical (unpaired) electrons. The Kier molecular flexibility index (Phi) is 1.45. The lowest BCUT2D eigenvalue weighted by atomic mass is 10.3. The molecule has 54 valence electrons. The van der Waals surface area contributed by atoms with Gasteiger partial charge in [0, 0.05) is 6.92 Å². The van der Waals surface area contributed by atoms with Crippen LogP contribution in [-0.4, -0.2) is 10.8 Å². The van der Waals surface area contributed by atoms with Crippen LogP contribution >= 0.6 is 0 Å². The van der Waals surface area contributed by atoms with Gasteiger partial charge in [0.05, 0.1) is 5.69 Å². The molecule has 0 aliphatic carbocycles. The Balaban J connectivity index is 3.15. The lowest BCUT2D eigenvalue weighted by Gasteiger charge is -1.84. The zero-order valence-electron chi connectivity index (χ0n) is 5.84. The van der Waals surface area contributed by atoms with Gasteiger partial charge in [-0.3, -0.25) is 4.79 Å². The van der Waals surface area contributed by atoms with Crippen molar-refractivity contribution in [3.63, 3.8) is 0 Å². The van der Waals surface area contributed by atoms with Gasteiger partial charge in [-0.2, -0.15) is 4.98 Å². The third kappa shape index (κ3) is 1.00. The van der Waals surface area contributed by atoms with Gasteiger partial charge in [0.25, 0.3) is 6.01 Å². The van der Waals surface area contributed by atoms with Gasteiger partial charge in [0.1, 0.15) is 0 Å². The molecule has 0 aliphatic heterocycles. The molecule has 0 saturated carbocycles. The summed E-state index contributed by atoms with van der Waals surface area (Å²) in [4.78, 5) is 14.4. The van der Waals surface area contributed by atoms with E-state index in [1.807, 2.05) is 0 Å². The predicted molar refractivity (Wildman–Crippen MR) is 35.7 cm³/mol. The van der Waals surface area contributed by atoms with Crippen molar-refractivity contribution in [2.24, 2.45) is 0 Å². The maximum Gasteiger partial charge on any atom is 0.292 e. The number of aryl methyl sites for hydroxylation is 1. The van der Waals surface area contributed by atoms with Crippen LogP contribution in [0.25, 0.3) is 0 Å². The van der Waals surface area contributed by atoms with Crippen LogP contribution in [0.5, 0.6) is 0 Å². The van der Waals surface area contributed by atoms with Crippen molar-refractivity contribution < 1.29 is 9.21 Å². The summed E-state index contributed by atoms with van der Waals surface area (Å²) >= 11 is 0. The lowest BCUT2D eigenvalue weighted by Crippen LogP contribution is -1.90. The summed E-state index contributed by atoms with van der Waals surface area (Å²) in [6.45, 7) is 3.09. The normalized spacial score (nSPS) is 9.80. The molecule has 4 heteroatoms. The van der Waals surface area contributed by atoms with Gasteiger partial charge in [-0.05, 0) is 6.92 Å². The molecular weight excluding hydrogens is 132 g/mol. The molecule has 1 aromatic rings. The quantitative estimate of drug-likeness (QED) is 0.585. The Bertz CT molecular complexity index is 265. The molecule has 2 N–H and O–H groups in total. The molecule has 1 rings (SSSR count). The molecule has 0 spiro atoms. The number of ketones is 1. The van der Waals surface area contributed by atoms with E-state index in [4.69, 9.17) is 10.2 Å². The van der Waals surface area contributed by atoms with Crippen LogP contribution in [0, 0.1) is 6.92 Å². The molecule has 1 heterocycles. The highest BCUT2D eigenvalue weighted by Crippen LogP contribution is 2.10. The number of anilines is 1. The van der Waals surface area contributed by atoms with Gasteiger partial charge in [-0.25, -0.2) is 0 Å². The number of carbonyl (C=O) groups is 1. The number of Topliss-reactive ketones (excluding diaryl/α,β-unsaturated/α-hetero) is 1. The third-order valence-electron chi connectivity index (χ3n) is 1.13. The van der Waals surface area contributed by atoms with Crippen LogP contribution < -0.4 is 5.73 Å². The smallest absolute Gasteiger partial charge is 0.292 e. The molecule has 4 nitrogen and oxygen atoms in total. The highest BCUT2D eigenvalue weighted by molar-refractivity contribution is 5.92. The topological polar surface area (TPSA) is 69.1 Å². The first-order chi connectivity index (χ1) is 4.61. The number of nitrogen functional groups attached to an aromatic ring is 1. The molecule has 1 aromatic heterocycles. The number of oxazole rings is 1. The number of carbonyl (C=O) groups excluding carboxylic acids is 1. The van der Waals surface area contributed by atoms with Crippen molar-refractivity contribution in [2.75, 3.05) is 5.73 Å². The molecular formula is C6H8N2O2. The maximum absolute atomic E-state index is 10.7. The van der Waals surface area contributed by atoms with Crippen LogP contribution in [0.4, 0.5) is 6.01 Å². The Labute approximate surface area is 58.0 Å². The van der Waals surface area contributed by atoms with Crippen LogP contribution in [0.3, 0.4) is 0 Å². The minimum absolute atomic E-state index is 0.0442. The van der Waals surface area contributed by atoms with E-state index in [-0.39, 0.29) is 17.6 Å². The summed E-state index contributed by atoms with van der Waals surface area (Å²) in [6, 6.07) is 0.0442. The summed E-state index contributed by atoms with van der Waals surface area (Å²) in [5, 5.41) is 0. The van der Waals surface area contributed by atoms with Crippen molar-refractivity contribution in [2.45, 2.75) is 13.8 Å². The van der Waals surface area contributed by atoms with E-state index in [9.17, 15) is 4.79 Å². The molecule has 0 aliphatic rings. The van der Waals surface area contributed by atoms with E-state index >= 15 is 0 Å². The third-order valence-corrected chi connectivity index (χ3v) is 1.13. The SMILES string of the molecule is CC(=O)c1oc(N)nc1C.